The van der Waals surface area contributed by atoms with Gasteiger partial charge in [-0.15, -0.1) is 6.58 Å². The van der Waals surface area contributed by atoms with Crippen LogP contribution >= 0.6 is 0 Å². The summed E-state index contributed by atoms with van der Waals surface area (Å²) in [7, 11) is -4.16. The van der Waals surface area contributed by atoms with E-state index in [4.69, 9.17) is 8.85 Å². The predicted octanol–water partition coefficient (Wildman–Crippen LogP) is 6.92. The van der Waals surface area contributed by atoms with E-state index in [9.17, 15) is 0 Å². The summed E-state index contributed by atoms with van der Waals surface area (Å²) in [6, 6.07) is 25.3. The fraction of sp³-hybridized carbons (Fsp3) is 0.500. The van der Waals surface area contributed by atoms with Crippen molar-refractivity contribution in [3.05, 3.63) is 73.3 Å². The molecule has 0 saturated carbocycles. The van der Waals surface area contributed by atoms with Crippen molar-refractivity contribution in [2.45, 2.75) is 83.7 Å². The summed E-state index contributed by atoms with van der Waals surface area (Å²) in [6.45, 7) is 18.6. The molecule has 2 aromatic carbocycles. The van der Waals surface area contributed by atoms with Crippen molar-refractivity contribution < 1.29 is 8.85 Å². The van der Waals surface area contributed by atoms with Gasteiger partial charge in [0.25, 0.3) is 8.32 Å². The van der Waals surface area contributed by atoms with Gasteiger partial charge in [0.2, 0.25) is 0 Å². The third-order valence-electron chi connectivity index (χ3n) is 6.95. The van der Waals surface area contributed by atoms with Gasteiger partial charge in [0.05, 0.1) is 6.10 Å². The topological polar surface area (TPSA) is 18.5 Å². The lowest BCUT2D eigenvalue weighted by Gasteiger charge is -2.43. The molecule has 0 aliphatic carbocycles. The van der Waals surface area contributed by atoms with E-state index in [0.29, 0.717) is 6.61 Å². The van der Waals surface area contributed by atoms with Crippen molar-refractivity contribution >= 4 is 27.0 Å². The molecule has 0 aliphatic heterocycles. The smallest absolute Gasteiger partial charge is 0.261 e. The summed E-state index contributed by atoms with van der Waals surface area (Å²) in [5.41, 5.74) is 0. The van der Waals surface area contributed by atoms with E-state index in [1.807, 2.05) is 6.08 Å². The average Bonchev–Trinajstić information content (AvgIpc) is 2.80. The highest BCUT2D eigenvalue weighted by Gasteiger charge is 2.50. The van der Waals surface area contributed by atoms with Crippen LogP contribution in [0.25, 0.3) is 0 Å². The summed E-state index contributed by atoms with van der Waals surface area (Å²) in [5, 5.41) is 2.66. The average molecular weight is 469 g/mol. The molecule has 0 spiro atoms. The molecule has 0 amide bonds. The Morgan fingerprint density at radius 3 is 1.69 bits per heavy atom. The van der Waals surface area contributed by atoms with Crippen LogP contribution in [0.1, 0.15) is 54.4 Å². The molecule has 176 valence electrons. The first-order valence-electron chi connectivity index (χ1n) is 12.3. The summed E-state index contributed by atoms with van der Waals surface area (Å²) in [6.07, 6.45) is 4.00. The molecular weight excluding hydrogens is 424 g/mol. The first-order valence-corrected chi connectivity index (χ1v) is 16.8. The second kappa shape index (κ2) is 12.1. The molecule has 1 atom stereocenters. The molecule has 32 heavy (non-hydrogen) atoms. The predicted molar refractivity (Wildman–Crippen MR) is 145 cm³/mol. The second-order valence-electron chi connectivity index (χ2n) is 9.81. The minimum Gasteiger partial charge on any atom is -0.414 e. The standard InChI is InChI=1S/C28H44O2Si2/c1-8-18-25(30-31(9-2,10-3)11-4)23-24-29-32(28(5,6)7,26-19-14-12-15-20-26)27-21-16-13-17-22-27/h8,12-17,19-22,25H,1,9-11,18,23-24H2,2-7H3/t25-/m0/s1. The second-order valence-corrected chi connectivity index (χ2v) is 18.8. The molecule has 2 aromatic rings. The molecule has 0 bridgehead atoms. The van der Waals surface area contributed by atoms with Crippen LogP contribution in [0.15, 0.2) is 73.3 Å². The Balaban J connectivity index is 2.35. The molecule has 2 nitrogen and oxygen atoms in total. The van der Waals surface area contributed by atoms with Gasteiger partial charge in [0.1, 0.15) is 0 Å². The van der Waals surface area contributed by atoms with Gasteiger partial charge in [-0.1, -0.05) is 108 Å². The van der Waals surface area contributed by atoms with Crippen molar-refractivity contribution in [3.63, 3.8) is 0 Å². The third-order valence-corrected chi connectivity index (χ3v) is 16.7. The van der Waals surface area contributed by atoms with Crippen LogP contribution < -0.4 is 10.4 Å². The molecule has 2 rings (SSSR count). The van der Waals surface area contributed by atoms with E-state index in [2.05, 4.69) is 109 Å². The first kappa shape index (κ1) is 26.8. The molecule has 0 aliphatic rings. The molecular formula is C28H44O2Si2. The Kier molecular flexibility index (Phi) is 10.1. The molecule has 0 aromatic heterocycles. The minimum absolute atomic E-state index is 0.000733. The quantitative estimate of drug-likeness (QED) is 0.235. The maximum Gasteiger partial charge on any atom is 0.261 e. The highest BCUT2D eigenvalue weighted by Crippen LogP contribution is 2.37. The third kappa shape index (κ3) is 6.10. The SMILES string of the molecule is C=CC[C@@H](CCO[Si](c1ccccc1)(c1ccccc1)C(C)(C)C)O[Si](CC)(CC)CC. The Morgan fingerprint density at radius 1 is 0.844 bits per heavy atom. The van der Waals surface area contributed by atoms with Gasteiger partial charge in [-0.3, -0.25) is 0 Å². The van der Waals surface area contributed by atoms with Crippen LogP contribution in [0.3, 0.4) is 0 Å². The number of rotatable bonds is 13. The lowest BCUT2D eigenvalue weighted by atomic mass is 10.2. The van der Waals surface area contributed by atoms with E-state index in [1.165, 1.54) is 28.5 Å². The number of benzene rings is 2. The highest BCUT2D eigenvalue weighted by molar-refractivity contribution is 6.99. The van der Waals surface area contributed by atoms with Gasteiger partial charge in [0.15, 0.2) is 8.32 Å². The Bertz CT molecular complexity index is 747. The van der Waals surface area contributed by atoms with Gasteiger partial charge in [0, 0.05) is 6.61 Å². The largest absolute Gasteiger partial charge is 0.414 e. The van der Waals surface area contributed by atoms with Crippen molar-refractivity contribution in [1.29, 1.82) is 0 Å². The van der Waals surface area contributed by atoms with Gasteiger partial charge in [-0.05, 0) is 46.4 Å². The van der Waals surface area contributed by atoms with Crippen LogP contribution in [0.4, 0.5) is 0 Å². The van der Waals surface area contributed by atoms with E-state index in [1.54, 1.807) is 0 Å². The molecule has 0 heterocycles. The summed E-state index contributed by atoms with van der Waals surface area (Å²) >= 11 is 0. The van der Waals surface area contributed by atoms with Crippen LogP contribution in [-0.4, -0.2) is 29.3 Å². The zero-order chi connectivity index (χ0) is 23.7. The van der Waals surface area contributed by atoms with E-state index >= 15 is 0 Å². The van der Waals surface area contributed by atoms with Gasteiger partial charge in [-0.25, -0.2) is 0 Å². The molecule has 4 heteroatoms. The maximum absolute atomic E-state index is 7.10. The Morgan fingerprint density at radius 2 is 1.31 bits per heavy atom. The van der Waals surface area contributed by atoms with Gasteiger partial charge in [-0.2, -0.15) is 0 Å². The van der Waals surface area contributed by atoms with Crippen molar-refractivity contribution in [3.8, 4) is 0 Å². The minimum atomic E-state index is -2.49. The Labute approximate surface area is 199 Å². The number of hydrogen-bond donors (Lipinski definition) is 0. The Hall–Kier alpha value is -1.47. The molecule has 0 radical (unpaired) electrons. The summed E-state index contributed by atoms with van der Waals surface area (Å²) < 4.78 is 13.9. The highest BCUT2D eigenvalue weighted by atomic mass is 28.4. The zero-order valence-corrected chi connectivity index (χ0v) is 23.2. The maximum atomic E-state index is 7.10. The molecule has 0 unspecified atom stereocenters. The van der Waals surface area contributed by atoms with E-state index in [-0.39, 0.29) is 11.1 Å². The van der Waals surface area contributed by atoms with Crippen LogP contribution in [0.5, 0.6) is 0 Å². The van der Waals surface area contributed by atoms with Crippen LogP contribution in [0, 0.1) is 0 Å². The van der Waals surface area contributed by atoms with Crippen molar-refractivity contribution in [2.75, 3.05) is 6.61 Å². The normalized spacial score (nSPS) is 13.7. The molecule has 0 N–H and O–H groups in total. The summed E-state index contributed by atoms with van der Waals surface area (Å²) in [5.74, 6) is 0. The lowest BCUT2D eigenvalue weighted by Crippen LogP contribution is -2.66. The van der Waals surface area contributed by atoms with Crippen molar-refractivity contribution in [2.24, 2.45) is 0 Å². The summed E-state index contributed by atoms with van der Waals surface area (Å²) in [4.78, 5) is 0. The van der Waals surface area contributed by atoms with Crippen molar-refractivity contribution in [1.82, 2.24) is 0 Å². The number of hydrogen-bond acceptors (Lipinski definition) is 2. The van der Waals surface area contributed by atoms with Crippen LogP contribution in [0.2, 0.25) is 23.2 Å². The van der Waals surface area contributed by atoms with E-state index < -0.39 is 16.6 Å². The monoisotopic (exact) mass is 468 g/mol. The van der Waals surface area contributed by atoms with Gasteiger partial charge >= 0.3 is 0 Å². The first-order chi connectivity index (χ1) is 15.3. The van der Waals surface area contributed by atoms with Gasteiger partial charge < -0.3 is 8.85 Å². The van der Waals surface area contributed by atoms with Crippen LogP contribution in [-0.2, 0) is 8.85 Å². The molecule has 0 fully saturated rings. The molecule has 0 saturated heterocycles. The fourth-order valence-corrected chi connectivity index (χ4v) is 12.4. The lowest BCUT2D eigenvalue weighted by molar-refractivity contribution is 0.149. The zero-order valence-electron chi connectivity index (χ0n) is 21.2. The fourth-order valence-electron chi connectivity index (χ4n) is 4.87. The van der Waals surface area contributed by atoms with E-state index in [0.717, 1.165) is 12.8 Å².